The third kappa shape index (κ3) is 2.75. The molecular formula is C16H21N3O. The molecule has 106 valence electrons. The summed E-state index contributed by atoms with van der Waals surface area (Å²) in [6, 6.07) is 4.58. The normalized spacial score (nSPS) is 20.2. The molecule has 0 bridgehead atoms. The fourth-order valence-corrected chi connectivity index (χ4v) is 2.96. The van der Waals surface area contributed by atoms with Gasteiger partial charge in [-0.3, -0.25) is 9.88 Å². The van der Waals surface area contributed by atoms with Gasteiger partial charge in [-0.1, -0.05) is 11.6 Å². The number of rotatable bonds is 3. The molecule has 1 saturated heterocycles. The van der Waals surface area contributed by atoms with Crippen LogP contribution in [0.15, 0.2) is 29.0 Å². The number of likely N-dealkylation sites (tertiary alicyclic amines) is 1. The predicted molar refractivity (Wildman–Crippen MR) is 77.2 cm³/mol. The zero-order chi connectivity index (χ0) is 13.9. The summed E-state index contributed by atoms with van der Waals surface area (Å²) in [6.07, 6.45) is 7.51. The van der Waals surface area contributed by atoms with E-state index in [0.29, 0.717) is 6.04 Å². The van der Waals surface area contributed by atoms with Crippen LogP contribution in [0, 0.1) is 13.8 Å². The Labute approximate surface area is 119 Å². The van der Waals surface area contributed by atoms with Gasteiger partial charge in [0.05, 0.1) is 6.04 Å². The summed E-state index contributed by atoms with van der Waals surface area (Å²) >= 11 is 0. The lowest BCUT2D eigenvalue weighted by atomic mass is 9.98. The Bertz CT molecular complexity index is 579. The first-order valence-electron chi connectivity index (χ1n) is 7.31. The van der Waals surface area contributed by atoms with E-state index in [-0.39, 0.29) is 0 Å². The van der Waals surface area contributed by atoms with Crippen molar-refractivity contribution in [1.29, 1.82) is 0 Å². The molecule has 1 aliphatic heterocycles. The predicted octanol–water partition coefficient (Wildman–Crippen LogP) is 3.41. The van der Waals surface area contributed by atoms with Gasteiger partial charge in [-0.2, -0.15) is 0 Å². The smallest absolute Gasteiger partial charge is 0.133 e. The highest BCUT2D eigenvalue weighted by Gasteiger charge is 2.26. The molecule has 0 spiro atoms. The van der Waals surface area contributed by atoms with Gasteiger partial charge in [0.1, 0.15) is 11.5 Å². The second kappa shape index (κ2) is 5.75. The Hall–Kier alpha value is -1.68. The van der Waals surface area contributed by atoms with Gasteiger partial charge in [0, 0.05) is 25.0 Å². The fourth-order valence-electron chi connectivity index (χ4n) is 2.96. The maximum Gasteiger partial charge on any atom is 0.133 e. The molecule has 1 aliphatic rings. The van der Waals surface area contributed by atoms with Crippen molar-refractivity contribution in [1.82, 2.24) is 15.0 Å². The monoisotopic (exact) mass is 271 g/mol. The molecule has 0 amide bonds. The molecule has 0 aromatic carbocycles. The standard InChI is InChI=1S/C16H21N3O/c1-12-10-17-7-6-14(12)11-19-8-4-3-5-16(19)15-9-13(2)20-18-15/h6-7,9-10,16H,3-5,8,11H2,1-2H3/t16-/m0/s1. The van der Waals surface area contributed by atoms with Crippen molar-refractivity contribution < 1.29 is 4.52 Å². The minimum Gasteiger partial charge on any atom is -0.361 e. The van der Waals surface area contributed by atoms with Crippen LogP contribution in [-0.2, 0) is 6.54 Å². The molecule has 3 heterocycles. The third-order valence-corrected chi connectivity index (χ3v) is 4.11. The van der Waals surface area contributed by atoms with Crippen LogP contribution < -0.4 is 0 Å². The van der Waals surface area contributed by atoms with Gasteiger partial charge in [-0.25, -0.2) is 0 Å². The number of nitrogens with zero attached hydrogens (tertiary/aromatic N) is 3. The quantitative estimate of drug-likeness (QED) is 0.858. The summed E-state index contributed by atoms with van der Waals surface area (Å²) in [4.78, 5) is 6.69. The number of hydrogen-bond donors (Lipinski definition) is 0. The summed E-state index contributed by atoms with van der Waals surface area (Å²) in [5, 5.41) is 4.22. The zero-order valence-electron chi connectivity index (χ0n) is 12.2. The molecule has 1 fully saturated rings. The lowest BCUT2D eigenvalue weighted by Gasteiger charge is -2.34. The molecular weight excluding hydrogens is 250 g/mol. The van der Waals surface area contributed by atoms with Crippen LogP contribution in [0.1, 0.15) is 47.9 Å². The number of hydrogen-bond acceptors (Lipinski definition) is 4. The van der Waals surface area contributed by atoms with Crippen molar-refractivity contribution in [3.05, 3.63) is 47.1 Å². The van der Waals surface area contributed by atoms with E-state index >= 15 is 0 Å². The molecule has 0 saturated carbocycles. The van der Waals surface area contributed by atoms with Crippen LogP contribution >= 0.6 is 0 Å². The molecule has 1 atom stereocenters. The van der Waals surface area contributed by atoms with E-state index in [9.17, 15) is 0 Å². The highest BCUT2D eigenvalue weighted by Crippen LogP contribution is 2.32. The average molecular weight is 271 g/mol. The molecule has 0 radical (unpaired) electrons. The van der Waals surface area contributed by atoms with Crippen molar-refractivity contribution in [2.75, 3.05) is 6.54 Å². The molecule has 4 nitrogen and oxygen atoms in total. The van der Waals surface area contributed by atoms with Crippen LogP contribution in [-0.4, -0.2) is 21.6 Å². The third-order valence-electron chi connectivity index (χ3n) is 4.11. The maximum atomic E-state index is 5.25. The molecule has 0 N–H and O–H groups in total. The van der Waals surface area contributed by atoms with Crippen molar-refractivity contribution in [2.24, 2.45) is 0 Å². The fraction of sp³-hybridized carbons (Fsp3) is 0.500. The van der Waals surface area contributed by atoms with E-state index in [1.54, 1.807) is 0 Å². The Balaban J connectivity index is 1.81. The van der Waals surface area contributed by atoms with Crippen molar-refractivity contribution >= 4 is 0 Å². The first-order chi connectivity index (χ1) is 9.74. The summed E-state index contributed by atoms with van der Waals surface area (Å²) in [5.74, 6) is 0.894. The van der Waals surface area contributed by atoms with Gasteiger partial charge in [0.15, 0.2) is 0 Å². The van der Waals surface area contributed by atoms with Gasteiger partial charge in [0.25, 0.3) is 0 Å². The first-order valence-corrected chi connectivity index (χ1v) is 7.31. The lowest BCUT2D eigenvalue weighted by molar-refractivity contribution is 0.133. The van der Waals surface area contributed by atoms with Crippen LogP contribution in [0.3, 0.4) is 0 Å². The second-order valence-electron chi connectivity index (χ2n) is 5.65. The average Bonchev–Trinajstić information content (AvgIpc) is 2.88. The van der Waals surface area contributed by atoms with E-state index in [4.69, 9.17) is 4.52 Å². The summed E-state index contributed by atoms with van der Waals surface area (Å²) in [7, 11) is 0. The highest BCUT2D eigenvalue weighted by atomic mass is 16.5. The zero-order valence-corrected chi connectivity index (χ0v) is 12.2. The van der Waals surface area contributed by atoms with E-state index in [1.165, 1.54) is 24.0 Å². The highest BCUT2D eigenvalue weighted by molar-refractivity contribution is 5.22. The molecule has 20 heavy (non-hydrogen) atoms. The first kappa shape index (κ1) is 13.3. The van der Waals surface area contributed by atoms with Crippen LogP contribution in [0.2, 0.25) is 0 Å². The second-order valence-corrected chi connectivity index (χ2v) is 5.65. The molecule has 3 rings (SSSR count). The van der Waals surface area contributed by atoms with Crippen LogP contribution in [0.5, 0.6) is 0 Å². The molecule has 2 aromatic rings. The lowest BCUT2D eigenvalue weighted by Crippen LogP contribution is -2.33. The topological polar surface area (TPSA) is 42.2 Å². The van der Waals surface area contributed by atoms with Crippen molar-refractivity contribution in [2.45, 2.75) is 45.7 Å². The molecule has 2 aromatic heterocycles. The van der Waals surface area contributed by atoms with E-state index < -0.39 is 0 Å². The van der Waals surface area contributed by atoms with Gasteiger partial charge >= 0.3 is 0 Å². The number of piperidine rings is 1. The minimum atomic E-state index is 0.383. The summed E-state index contributed by atoms with van der Waals surface area (Å²) in [5.41, 5.74) is 3.69. The Morgan fingerprint density at radius 1 is 1.35 bits per heavy atom. The largest absolute Gasteiger partial charge is 0.361 e. The summed E-state index contributed by atoms with van der Waals surface area (Å²) < 4.78 is 5.25. The molecule has 0 unspecified atom stereocenters. The Morgan fingerprint density at radius 3 is 3.00 bits per heavy atom. The SMILES string of the molecule is Cc1cc([C@@H]2CCCCN2Cc2ccncc2C)no1. The number of aromatic nitrogens is 2. The van der Waals surface area contributed by atoms with Gasteiger partial charge < -0.3 is 4.52 Å². The van der Waals surface area contributed by atoms with Crippen LogP contribution in [0.4, 0.5) is 0 Å². The molecule has 0 aliphatic carbocycles. The van der Waals surface area contributed by atoms with Gasteiger partial charge in [0.2, 0.25) is 0 Å². The minimum absolute atomic E-state index is 0.383. The number of aryl methyl sites for hydroxylation is 2. The van der Waals surface area contributed by atoms with Crippen molar-refractivity contribution in [3.8, 4) is 0 Å². The van der Waals surface area contributed by atoms with Gasteiger partial charge in [-0.15, -0.1) is 0 Å². The van der Waals surface area contributed by atoms with Crippen molar-refractivity contribution in [3.63, 3.8) is 0 Å². The van der Waals surface area contributed by atoms with E-state index in [1.807, 2.05) is 19.3 Å². The van der Waals surface area contributed by atoms with Crippen LogP contribution in [0.25, 0.3) is 0 Å². The number of pyridine rings is 1. The Morgan fingerprint density at radius 2 is 2.25 bits per heavy atom. The molecule has 4 heteroatoms. The van der Waals surface area contributed by atoms with E-state index in [2.05, 4.69) is 34.1 Å². The Kier molecular flexibility index (Phi) is 3.83. The maximum absolute atomic E-state index is 5.25. The summed E-state index contributed by atoms with van der Waals surface area (Å²) in [6.45, 7) is 6.17. The van der Waals surface area contributed by atoms with E-state index in [0.717, 1.165) is 31.0 Å². The van der Waals surface area contributed by atoms with Gasteiger partial charge in [-0.05, 0) is 50.4 Å².